The molecule has 1 saturated heterocycles. The average Bonchev–Trinajstić information content (AvgIpc) is 1.88. The van der Waals surface area contributed by atoms with Gasteiger partial charge in [0.05, 0.1) is 6.61 Å². The van der Waals surface area contributed by atoms with Gasteiger partial charge in [0.15, 0.2) is 11.7 Å². The van der Waals surface area contributed by atoms with Crippen molar-refractivity contribution in [1.29, 1.82) is 0 Å². The smallest absolute Gasteiger partial charge is 0.179 e. The summed E-state index contributed by atoms with van der Waals surface area (Å²) in [6, 6.07) is 0. The van der Waals surface area contributed by atoms with Gasteiger partial charge in [-0.05, 0) is 12.3 Å². The molecular formula is C7H10O2. The van der Waals surface area contributed by atoms with Crippen LogP contribution in [-0.4, -0.2) is 12.5 Å². The third-order valence-corrected chi connectivity index (χ3v) is 1.53. The molecule has 0 aromatic rings. The van der Waals surface area contributed by atoms with Crippen molar-refractivity contribution in [2.75, 3.05) is 6.61 Å². The first-order chi connectivity index (χ1) is 4.33. The Labute approximate surface area is 54.5 Å². The van der Waals surface area contributed by atoms with Crippen molar-refractivity contribution in [3.63, 3.8) is 0 Å². The first-order valence-electron chi connectivity index (χ1n) is 3.19. The average molecular weight is 126 g/mol. The van der Waals surface area contributed by atoms with Gasteiger partial charge in [-0.3, -0.25) is 0 Å². The quantitative estimate of drug-likeness (QED) is 0.455. The molecule has 0 bridgehead atoms. The maximum absolute atomic E-state index is 10.0. The molecule has 0 aromatic heterocycles. The number of hydrogen-bond acceptors (Lipinski definition) is 2. The molecule has 1 atom stereocenters. The minimum absolute atomic E-state index is 0.494. The summed E-state index contributed by atoms with van der Waals surface area (Å²) < 4.78 is 4.99. The standard InChI is InChI=1S/C7H10O2/c1-6-2-3-9-7(4-6)5-8/h6H,2-4H2,1H3. The molecule has 0 saturated carbocycles. The lowest BCUT2D eigenvalue weighted by molar-refractivity contribution is 0.141. The molecular weight excluding hydrogens is 116 g/mol. The van der Waals surface area contributed by atoms with Crippen LogP contribution in [0.15, 0.2) is 5.76 Å². The van der Waals surface area contributed by atoms with Crippen LogP contribution in [0.2, 0.25) is 0 Å². The summed E-state index contributed by atoms with van der Waals surface area (Å²) in [6.45, 7) is 2.80. The fraction of sp³-hybridized carbons (Fsp3) is 0.714. The molecule has 0 radical (unpaired) electrons. The SMILES string of the molecule is CC1CCOC(=C=O)C1. The molecule has 9 heavy (non-hydrogen) atoms. The van der Waals surface area contributed by atoms with E-state index in [9.17, 15) is 4.79 Å². The van der Waals surface area contributed by atoms with Crippen LogP contribution in [0.4, 0.5) is 0 Å². The summed E-state index contributed by atoms with van der Waals surface area (Å²) in [4.78, 5) is 10.0. The molecule has 0 aliphatic carbocycles. The molecule has 1 aliphatic rings. The van der Waals surface area contributed by atoms with E-state index in [1.807, 2.05) is 0 Å². The summed E-state index contributed by atoms with van der Waals surface area (Å²) in [5, 5.41) is 0. The van der Waals surface area contributed by atoms with Gasteiger partial charge in [-0.1, -0.05) is 6.92 Å². The van der Waals surface area contributed by atoms with Gasteiger partial charge in [0, 0.05) is 6.42 Å². The Bertz CT molecular complexity index is 145. The molecule has 1 aliphatic heterocycles. The predicted octanol–water partition coefficient (Wildman–Crippen LogP) is 1.15. The largest absolute Gasteiger partial charge is 0.487 e. The Balaban J connectivity index is 2.51. The number of ether oxygens (including phenoxy) is 1. The van der Waals surface area contributed by atoms with E-state index in [1.165, 1.54) is 0 Å². The van der Waals surface area contributed by atoms with E-state index in [0.717, 1.165) is 12.8 Å². The zero-order chi connectivity index (χ0) is 6.69. The Morgan fingerprint density at radius 2 is 2.56 bits per heavy atom. The van der Waals surface area contributed by atoms with Crippen molar-refractivity contribution in [1.82, 2.24) is 0 Å². The zero-order valence-corrected chi connectivity index (χ0v) is 5.52. The molecule has 2 nitrogen and oxygen atoms in total. The fourth-order valence-electron chi connectivity index (χ4n) is 0.932. The van der Waals surface area contributed by atoms with Gasteiger partial charge in [-0.15, -0.1) is 0 Å². The van der Waals surface area contributed by atoms with E-state index in [2.05, 4.69) is 6.92 Å². The van der Waals surface area contributed by atoms with Crippen LogP contribution in [0.25, 0.3) is 0 Å². The lowest BCUT2D eigenvalue weighted by Crippen LogP contribution is -2.11. The van der Waals surface area contributed by atoms with E-state index in [-0.39, 0.29) is 0 Å². The minimum atomic E-state index is 0.494. The summed E-state index contributed by atoms with van der Waals surface area (Å²) >= 11 is 0. The van der Waals surface area contributed by atoms with Gasteiger partial charge in [0.25, 0.3) is 0 Å². The normalized spacial score (nSPS) is 26.8. The van der Waals surface area contributed by atoms with Gasteiger partial charge in [-0.2, -0.15) is 0 Å². The van der Waals surface area contributed by atoms with Gasteiger partial charge in [0.1, 0.15) is 0 Å². The van der Waals surface area contributed by atoms with Crippen LogP contribution in [-0.2, 0) is 9.53 Å². The van der Waals surface area contributed by atoms with Gasteiger partial charge >= 0.3 is 0 Å². The highest BCUT2D eigenvalue weighted by molar-refractivity contribution is 5.49. The van der Waals surface area contributed by atoms with Crippen molar-refractivity contribution in [3.8, 4) is 0 Å². The van der Waals surface area contributed by atoms with Crippen molar-refractivity contribution in [2.24, 2.45) is 5.92 Å². The number of rotatable bonds is 0. The molecule has 1 fully saturated rings. The summed E-state index contributed by atoms with van der Waals surface area (Å²) in [7, 11) is 0. The topological polar surface area (TPSA) is 26.3 Å². The Hall–Kier alpha value is -0.750. The molecule has 1 heterocycles. The lowest BCUT2D eigenvalue weighted by Gasteiger charge is -2.18. The van der Waals surface area contributed by atoms with E-state index in [0.29, 0.717) is 18.3 Å². The first-order valence-corrected chi connectivity index (χ1v) is 3.19. The van der Waals surface area contributed by atoms with Gasteiger partial charge < -0.3 is 4.74 Å². The van der Waals surface area contributed by atoms with Crippen LogP contribution in [0.5, 0.6) is 0 Å². The highest BCUT2D eigenvalue weighted by atomic mass is 16.5. The number of carbonyl (C=O) groups excluding carboxylic acids is 1. The van der Waals surface area contributed by atoms with Crippen LogP contribution in [0, 0.1) is 5.92 Å². The molecule has 2 heteroatoms. The monoisotopic (exact) mass is 126 g/mol. The van der Waals surface area contributed by atoms with Crippen molar-refractivity contribution in [2.45, 2.75) is 19.8 Å². The van der Waals surface area contributed by atoms with E-state index < -0.39 is 0 Å². The van der Waals surface area contributed by atoms with E-state index >= 15 is 0 Å². The first kappa shape index (κ1) is 6.37. The molecule has 50 valence electrons. The molecule has 0 amide bonds. The second-order valence-electron chi connectivity index (χ2n) is 2.47. The van der Waals surface area contributed by atoms with Crippen LogP contribution < -0.4 is 0 Å². The highest BCUT2D eigenvalue weighted by Crippen LogP contribution is 2.19. The molecule has 0 aromatic carbocycles. The number of allylic oxidation sites excluding steroid dienone is 1. The third-order valence-electron chi connectivity index (χ3n) is 1.53. The Kier molecular flexibility index (Phi) is 1.91. The fourth-order valence-corrected chi connectivity index (χ4v) is 0.932. The molecule has 1 unspecified atom stereocenters. The lowest BCUT2D eigenvalue weighted by atomic mass is 10.0. The molecule has 0 N–H and O–H groups in total. The third kappa shape index (κ3) is 1.58. The van der Waals surface area contributed by atoms with Crippen LogP contribution in [0.1, 0.15) is 19.8 Å². The van der Waals surface area contributed by atoms with Crippen molar-refractivity contribution in [3.05, 3.63) is 5.76 Å². The second kappa shape index (κ2) is 2.70. The van der Waals surface area contributed by atoms with Gasteiger partial charge in [0.2, 0.25) is 0 Å². The second-order valence-corrected chi connectivity index (χ2v) is 2.47. The summed E-state index contributed by atoms with van der Waals surface area (Å²) in [5.74, 6) is 2.87. The molecule has 0 spiro atoms. The maximum Gasteiger partial charge on any atom is 0.179 e. The summed E-state index contributed by atoms with van der Waals surface area (Å²) in [5.41, 5.74) is 0. The zero-order valence-electron chi connectivity index (χ0n) is 5.52. The maximum atomic E-state index is 10.0. The summed E-state index contributed by atoms with van der Waals surface area (Å²) in [6.07, 6.45) is 1.83. The van der Waals surface area contributed by atoms with Crippen molar-refractivity contribution < 1.29 is 9.53 Å². The Morgan fingerprint density at radius 1 is 1.78 bits per heavy atom. The van der Waals surface area contributed by atoms with E-state index in [1.54, 1.807) is 5.94 Å². The van der Waals surface area contributed by atoms with Gasteiger partial charge in [-0.25, -0.2) is 4.79 Å². The van der Waals surface area contributed by atoms with Crippen LogP contribution in [0.3, 0.4) is 0 Å². The Morgan fingerprint density at radius 3 is 3.00 bits per heavy atom. The number of hydrogen-bond donors (Lipinski definition) is 0. The van der Waals surface area contributed by atoms with Crippen molar-refractivity contribution >= 4 is 5.94 Å². The predicted molar refractivity (Wildman–Crippen MR) is 33.6 cm³/mol. The van der Waals surface area contributed by atoms with E-state index in [4.69, 9.17) is 4.74 Å². The minimum Gasteiger partial charge on any atom is -0.487 e. The highest BCUT2D eigenvalue weighted by Gasteiger charge is 2.13. The van der Waals surface area contributed by atoms with Crippen LogP contribution >= 0.6 is 0 Å². The molecule has 1 rings (SSSR count).